The van der Waals surface area contributed by atoms with Crippen molar-refractivity contribution in [2.45, 2.75) is 25.8 Å². The summed E-state index contributed by atoms with van der Waals surface area (Å²) in [5.74, 6) is 0. The summed E-state index contributed by atoms with van der Waals surface area (Å²) in [7, 11) is 0. The van der Waals surface area contributed by atoms with E-state index in [4.69, 9.17) is 4.42 Å². The van der Waals surface area contributed by atoms with E-state index in [9.17, 15) is 5.11 Å². The Kier molecular flexibility index (Phi) is 2.83. The first kappa shape index (κ1) is 11.0. The molecule has 4 heteroatoms. The van der Waals surface area contributed by atoms with E-state index in [1.54, 1.807) is 0 Å². The van der Waals surface area contributed by atoms with Gasteiger partial charge in [-0.25, -0.2) is 0 Å². The van der Waals surface area contributed by atoms with Crippen molar-refractivity contribution in [1.29, 1.82) is 0 Å². The Bertz CT molecular complexity index is 442. The van der Waals surface area contributed by atoms with E-state index in [-0.39, 0.29) is 12.1 Å². The zero-order valence-electron chi connectivity index (χ0n) is 9.53. The molecule has 16 heavy (non-hydrogen) atoms. The normalized spacial score (nSPS) is 14.9. The van der Waals surface area contributed by atoms with Crippen LogP contribution in [0.3, 0.4) is 0 Å². The van der Waals surface area contributed by atoms with Crippen LogP contribution in [0.2, 0.25) is 0 Å². The number of para-hydroxylation sites is 2. The molecule has 2 aromatic rings. The van der Waals surface area contributed by atoms with E-state index in [1.807, 2.05) is 38.1 Å². The molecule has 1 aromatic carbocycles. The van der Waals surface area contributed by atoms with Crippen LogP contribution < -0.4 is 5.32 Å². The van der Waals surface area contributed by atoms with Crippen LogP contribution in [-0.2, 0) is 0 Å². The van der Waals surface area contributed by atoms with Gasteiger partial charge in [0.15, 0.2) is 5.58 Å². The number of hydrogen-bond acceptors (Lipinski definition) is 4. The molecule has 0 aliphatic carbocycles. The van der Waals surface area contributed by atoms with Gasteiger partial charge < -0.3 is 14.8 Å². The Morgan fingerprint density at radius 1 is 1.44 bits per heavy atom. The summed E-state index contributed by atoms with van der Waals surface area (Å²) in [4.78, 5) is 4.30. The molecule has 0 aliphatic heterocycles. The van der Waals surface area contributed by atoms with Crippen molar-refractivity contribution in [2.75, 3.05) is 11.9 Å². The van der Waals surface area contributed by atoms with Crippen molar-refractivity contribution < 1.29 is 9.52 Å². The maximum atomic E-state index is 9.29. The van der Waals surface area contributed by atoms with Gasteiger partial charge in [0.1, 0.15) is 5.52 Å². The number of nitrogens with zero attached hydrogens (tertiary/aromatic N) is 1. The largest absolute Gasteiger partial charge is 0.424 e. The molecule has 2 N–H and O–H groups in total. The molecule has 0 spiro atoms. The SMILES string of the molecule is CCC(C)(CO)Nc1nc2ccccc2o1. The van der Waals surface area contributed by atoms with Gasteiger partial charge in [0.25, 0.3) is 6.01 Å². The van der Waals surface area contributed by atoms with E-state index >= 15 is 0 Å². The number of aliphatic hydroxyl groups is 1. The number of aliphatic hydroxyl groups excluding tert-OH is 1. The number of rotatable bonds is 4. The number of nitrogens with one attached hydrogen (secondary N) is 1. The van der Waals surface area contributed by atoms with Gasteiger partial charge in [-0.1, -0.05) is 19.1 Å². The minimum Gasteiger partial charge on any atom is -0.424 e. The minimum atomic E-state index is -0.388. The molecule has 0 amide bonds. The predicted molar refractivity (Wildman–Crippen MR) is 63.4 cm³/mol. The van der Waals surface area contributed by atoms with Crippen LogP contribution in [-0.4, -0.2) is 22.2 Å². The number of anilines is 1. The maximum absolute atomic E-state index is 9.29. The number of aromatic nitrogens is 1. The monoisotopic (exact) mass is 220 g/mol. The highest BCUT2D eigenvalue weighted by molar-refractivity contribution is 5.74. The highest BCUT2D eigenvalue weighted by Gasteiger charge is 2.22. The Hall–Kier alpha value is -1.55. The molecule has 2 rings (SSSR count). The Morgan fingerprint density at radius 2 is 2.19 bits per heavy atom. The highest BCUT2D eigenvalue weighted by Crippen LogP contribution is 2.22. The van der Waals surface area contributed by atoms with Gasteiger partial charge in [-0.3, -0.25) is 0 Å². The minimum absolute atomic E-state index is 0.0439. The van der Waals surface area contributed by atoms with Crippen molar-refractivity contribution in [1.82, 2.24) is 4.98 Å². The molecule has 0 bridgehead atoms. The van der Waals surface area contributed by atoms with Crippen LogP contribution in [0.15, 0.2) is 28.7 Å². The molecule has 1 unspecified atom stereocenters. The number of benzene rings is 1. The second-order valence-corrected chi connectivity index (χ2v) is 4.18. The standard InChI is InChI=1S/C12H16N2O2/c1-3-12(2,8-15)14-11-13-9-6-4-5-7-10(9)16-11/h4-7,15H,3,8H2,1-2H3,(H,13,14). The van der Waals surface area contributed by atoms with Gasteiger partial charge in [-0.05, 0) is 25.5 Å². The zero-order chi connectivity index (χ0) is 11.6. The maximum Gasteiger partial charge on any atom is 0.296 e. The molecule has 0 fully saturated rings. The number of oxazole rings is 1. The van der Waals surface area contributed by atoms with E-state index in [0.29, 0.717) is 6.01 Å². The molecule has 0 saturated heterocycles. The number of hydrogen-bond donors (Lipinski definition) is 2. The molecular formula is C12H16N2O2. The molecule has 0 aliphatic rings. The quantitative estimate of drug-likeness (QED) is 0.830. The fraction of sp³-hybridized carbons (Fsp3) is 0.417. The van der Waals surface area contributed by atoms with Crippen molar-refractivity contribution in [2.24, 2.45) is 0 Å². The van der Waals surface area contributed by atoms with E-state index in [0.717, 1.165) is 17.5 Å². The van der Waals surface area contributed by atoms with Crippen LogP contribution >= 0.6 is 0 Å². The van der Waals surface area contributed by atoms with Crippen molar-refractivity contribution in [3.8, 4) is 0 Å². The first-order chi connectivity index (χ1) is 7.67. The topological polar surface area (TPSA) is 58.3 Å². The Morgan fingerprint density at radius 3 is 2.81 bits per heavy atom. The molecule has 1 atom stereocenters. The van der Waals surface area contributed by atoms with E-state index in [2.05, 4.69) is 10.3 Å². The first-order valence-corrected chi connectivity index (χ1v) is 5.41. The van der Waals surface area contributed by atoms with Gasteiger partial charge in [-0.2, -0.15) is 4.98 Å². The molecular weight excluding hydrogens is 204 g/mol. The van der Waals surface area contributed by atoms with Crippen LogP contribution in [0.4, 0.5) is 6.01 Å². The van der Waals surface area contributed by atoms with Crippen molar-refractivity contribution in [3.05, 3.63) is 24.3 Å². The average molecular weight is 220 g/mol. The Labute approximate surface area is 94.3 Å². The van der Waals surface area contributed by atoms with Crippen LogP contribution in [0.25, 0.3) is 11.1 Å². The lowest BCUT2D eigenvalue weighted by atomic mass is 10.0. The Balaban J connectivity index is 2.27. The van der Waals surface area contributed by atoms with Gasteiger partial charge in [0.05, 0.1) is 12.1 Å². The first-order valence-electron chi connectivity index (χ1n) is 5.41. The van der Waals surface area contributed by atoms with Gasteiger partial charge in [-0.15, -0.1) is 0 Å². The summed E-state index contributed by atoms with van der Waals surface area (Å²) in [5, 5.41) is 12.4. The summed E-state index contributed by atoms with van der Waals surface area (Å²) in [6.45, 7) is 3.98. The van der Waals surface area contributed by atoms with Gasteiger partial charge in [0.2, 0.25) is 0 Å². The summed E-state index contributed by atoms with van der Waals surface area (Å²) in [6, 6.07) is 8.05. The van der Waals surface area contributed by atoms with Gasteiger partial charge >= 0.3 is 0 Å². The van der Waals surface area contributed by atoms with Gasteiger partial charge in [0, 0.05) is 0 Å². The smallest absolute Gasteiger partial charge is 0.296 e. The number of fused-ring (bicyclic) bond motifs is 1. The molecule has 0 radical (unpaired) electrons. The van der Waals surface area contributed by atoms with Crippen LogP contribution in [0, 0.1) is 0 Å². The molecule has 0 saturated carbocycles. The third kappa shape index (κ3) is 2.02. The molecule has 4 nitrogen and oxygen atoms in total. The van der Waals surface area contributed by atoms with Crippen molar-refractivity contribution >= 4 is 17.1 Å². The fourth-order valence-corrected chi connectivity index (χ4v) is 1.42. The third-order valence-corrected chi connectivity index (χ3v) is 2.83. The second kappa shape index (κ2) is 4.14. The summed E-state index contributed by atoms with van der Waals surface area (Å²) < 4.78 is 5.53. The fourth-order valence-electron chi connectivity index (χ4n) is 1.42. The zero-order valence-corrected chi connectivity index (χ0v) is 9.53. The molecule has 86 valence electrons. The summed E-state index contributed by atoms with van der Waals surface area (Å²) >= 11 is 0. The second-order valence-electron chi connectivity index (χ2n) is 4.18. The predicted octanol–water partition coefficient (Wildman–Crippen LogP) is 2.40. The molecule has 1 aromatic heterocycles. The lowest BCUT2D eigenvalue weighted by molar-refractivity contribution is 0.216. The average Bonchev–Trinajstić information content (AvgIpc) is 2.70. The lowest BCUT2D eigenvalue weighted by Gasteiger charge is -2.25. The third-order valence-electron chi connectivity index (χ3n) is 2.83. The van der Waals surface area contributed by atoms with E-state index < -0.39 is 0 Å². The highest BCUT2D eigenvalue weighted by atomic mass is 16.4. The summed E-state index contributed by atoms with van der Waals surface area (Å²) in [5.41, 5.74) is 1.18. The summed E-state index contributed by atoms with van der Waals surface area (Å²) in [6.07, 6.45) is 0.794. The lowest BCUT2D eigenvalue weighted by Crippen LogP contribution is -2.38. The van der Waals surface area contributed by atoms with Crippen LogP contribution in [0.1, 0.15) is 20.3 Å². The van der Waals surface area contributed by atoms with Crippen molar-refractivity contribution in [3.63, 3.8) is 0 Å². The van der Waals surface area contributed by atoms with Crippen LogP contribution in [0.5, 0.6) is 0 Å². The van der Waals surface area contributed by atoms with E-state index in [1.165, 1.54) is 0 Å². The molecule has 1 heterocycles.